The summed E-state index contributed by atoms with van der Waals surface area (Å²) in [5.74, 6) is 2.25. The van der Waals surface area contributed by atoms with E-state index in [2.05, 4.69) is 42.5 Å². The minimum absolute atomic E-state index is 0. The number of halogens is 1. The molecule has 1 rings (SSSR count). The normalized spacial score (nSPS) is 12.2. The Balaban J connectivity index is 0.00000625. The van der Waals surface area contributed by atoms with Crippen molar-refractivity contribution in [3.63, 3.8) is 0 Å². The first kappa shape index (κ1) is 25.0. The first-order valence-electron chi connectivity index (χ1n) is 9.52. The summed E-state index contributed by atoms with van der Waals surface area (Å²) < 4.78 is 5.81. The Hall–Kier alpha value is -1.02. The van der Waals surface area contributed by atoms with Crippen LogP contribution in [0, 0.1) is 12.8 Å². The van der Waals surface area contributed by atoms with Crippen LogP contribution in [0.25, 0.3) is 0 Å². The van der Waals surface area contributed by atoms with Gasteiger partial charge in [0.15, 0.2) is 5.96 Å². The predicted molar refractivity (Wildman–Crippen MR) is 121 cm³/mol. The Morgan fingerprint density at radius 2 is 1.96 bits per heavy atom. The molecule has 1 atom stereocenters. The zero-order valence-electron chi connectivity index (χ0n) is 16.5. The number of hydrogen-bond donors (Lipinski definition) is 3. The Morgan fingerprint density at radius 1 is 1.19 bits per heavy atom. The smallest absolute Gasteiger partial charge is 0.191 e. The van der Waals surface area contributed by atoms with E-state index in [4.69, 9.17) is 9.84 Å². The van der Waals surface area contributed by atoms with Crippen molar-refractivity contribution < 1.29 is 9.84 Å². The van der Waals surface area contributed by atoms with Crippen LogP contribution in [-0.2, 0) is 0 Å². The molecule has 0 aliphatic heterocycles. The molecule has 1 unspecified atom stereocenters. The standard InChI is InChI=1S/C20H35N3O2.HI/c1-4-9-18(12-14-24)16-23-20(21-5-2)22-13-8-15-25-19-11-7-6-10-17(19)3;/h6-7,10-11,18,24H,4-5,8-9,12-16H2,1-3H3,(H2,21,22,23);1H. The van der Waals surface area contributed by atoms with Gasteiger partial charge >= 0.3 is 0 Å². The lowest BCUT2D eigenvalue weighted by Gasteiger charge is -2.15. The number of benzene rings is 1. The molecule has 0 saturated carbocycles. The molecule has 0 amide bonds. The van der Waals surface area contributed by atoms with Crippen molar-refractivity contribution >= 4 is 29.9 Å². The van der Waals surface area contributed by atoms with Gasteiger partial charge in [0.2, 0.25) is 0 Å². The van der Waals surface area contributed by atoms with Gasteiger partial charge in [0.05, 0.1) is 6.61 Å². The first-order chi connectivity index (χ1) is 12.2. The van der Waals surface area contributed by atoms with Gasteiger partial charge in [-0.1, -0.05) is 31.5 Å². The molecule has 0 spiro atoms. The second kappa shape index (κ2) is 16.2. The fourth-order valence-corrected chi connectivity index (χ4v) is 2.66. The summed E-state index contributed by atoms with van der Waals surface area (Å²) in [5, 5.41) is 15.8. The molecular weight excluding hydrogens is 441 g/mol. The molecule has 0 fully saturated rings. The molecule has 0 aliphatic rings. The van der Waals surface area contributed by atoms with E-state index in [0.29, 0.717) is 12.5 Å². The molecule has 6 heteroatoms. The zero-order chi connectivity index (χ0) is 18.3. The lowest BCUT2D eigenvalue weighted by atomic mass is 10.0. The highest BCUT2D eigenvalue weighted by atomic mass is 127. The van der Waals surface area contributed by atoms with Crippen molar-refractivity contribution in [2.75, 3.05) is 32.8 Å². The molecular formula is C20H36IN3O2. The second-order valence-electron chi connectivity index (χ2n) is 6.28. The Kier molecular flexibility index (Phi) is 15.5. The van der Waals surface area contributed by atoms with Crippen molar-refractivity contribution in [2.24, 2.45) is 10.9 Å². The van der Waals surface area contributed by atoms with Crippen molar-refractivity contribution in [3.05, 3.63) is 29.8 Å². The summed E-state index contributed by atoms with van der Waals surface area (Å²) in [6, 6.07) is 8.08. The maximum atomic E-state index is 9.15. The molecule has 3 N–H and O–H groups in total. The van der Waals surface area contributed by atoms with Gasteiger partial charge < -0.3 is 20.5 Å². The van der Waals surface area contributed by atoms with E-state index >= 15 is 0 Å². The van der Waals surface area contributed by atoms with Gasteiger partial charge in [-0.05, 0) is 50.7 Å². The summed E-state index contributed by atoms with van der Waals surface area (Å²) in [7, 11) is 0. The Bertz CT molecular complexity index is 492. The maximum absolute atomic E-state index is 9.15. The van der Waals surface area contributed by atoms with Crippen LogP contribution in [0.5, 0.6) is 5.75 Å². The molecule has 0 saturated heterocycles. The Morgan fingerprint density at radius 3 is 2.62 bits per heavy atom. The van der Waals surface area contributed by atoms with Crippen LogP contribution in [0.15, 0.2) is 29.3 Å². The molecule has 5 nitrogen and oxygen atoms in total. The van der Waals surface area contributed by atoms with E-state index in [1.165, 1.54) is 0 Å². The molecule has 26 heavy (non-hydrogen) atoms. The van der Waals surface area contributed by atoms with E-state index in [1.54, 1.807) is 0 Å². The third kappa shape index (κ3) is 10.9. The molecule has 0 heterocycles. The van der Waals surface area contributed by atoms with Gasteiger partial charge in [0, 0.05) is 26.2 Å². The third-order valence-electron chi connectivity index (χ3n) is 4.05. The fraction of sp³-hybridized carbons (Fsp3) is 0.650. The summed E-state index contributed by atoms with van der Waals surface area (Å²) in [6.45, 7) is 9.62. The van der Waals surface area contributed by atoms with Gasteiger partial charge in [-0.15, -0.1) is 24.0 Å². The van der Waals surface area contributed by atoms with Crippen LogP contribution in [0.2, 0.25) is 0 Å². The highest BCUT2D eigenvalue weighted by Gasteiger charge is 2.07. The number of nitrogens with zero attached hydrogens (tertiary/aromatic N) is 1. The van der Waals surface area contributed by atoms with Gasteiger partial charge in [-0.3, -0.25) is 4.99 Å². The SMILES string of the molecule is CCCC(CCO)CN=C(NCC)NCCCOc1ccccc1C.I. The number of rotatable bonds is 12. The average Bonchev–Trinajstić information content (AvgIpc) is 2.61. The van der Waals surface area contributed by atoms with Crippen LogP contribution in [-0.4, -0.2) is 43.9 Å². The van der Waals surface area contributed by atoms with Crippen LogP contribution in [0.4, 0.5) is 0 Å². The topological polar surface area (TPSA) is 65.9 Å². The van der Waals surface area contributed by atoms with Crippen LogP contribution in [0.1, 0.15) is 45.1 Å². The Labute approximate surface area is 176 Å². The number of nitrogens with one attached hydrogen (secondary N) is 2. The summed E-state index contributed by atoms with van der Waals surface area (Å²) in [6.07, 6.45) is 3.96. The lowest BCUT2D eigenvalue weighted by molar-refractivity contribution is 0.253. The fourth-order valence-electron chi connectivity index (χ4n) is 2.66. The molecule has 0 aromatic heterocycles. The summed E-state index contributed by atoms with van der Waals surface area (Å²) >= 11 is 0. The van der Waals surface area contributed by atoms with Crippen molar-refractivity contribution in [3.8, 4) is 5.75 Å². The highest BCUT2D eigenvalue weighted by molar-refractivity contribution is 14.0. The summed E-state index contributed by atoms with van der Waals surface area (Å²) in [5.41, 5.74) is 1.16. The van der Waals surface area contributed by atoms with E-state index in [1.807, 2.05) is 18.2 Å². The maximum Gasteiger partial charge on any atom is 0.191 e. The lowest BCUT2D eigenvalue weighted by Crippen LogP contribution is -2.38. The number of guanidine groups is 1. The molecule has 150 valence electrons. The van der Waals surface area contributed by atoms with Crippen LogP contribution in [0.3, 0.4) is 0 Å². The highest BCUT2D eigenvalue weighted by Crippen LogP contribution is 2.16. The van der Waals surface area contributed by atoms with Crippen molar-refractivity contribution in [1.29, 1.82) is 0 Å². The zero-order valence-corrected chi connectivity index (χ0v) is 18.8. The number of aliphatic hydroxyl groups excluding tert-OH is 1. The monoisotopic (exact) mass is 477 g/mol. The van der Waals surface area contributed by atoms with Gasteiger partial charge in [0.25, 0.3) is 0 Å². The molecule has 1 aromatic rings. The van der Waals surface area contributed by atoms with Crippen LogP contribution < -0.4 is 15.4 Å². The minimum atomic E-state index is 0. The van der Waals surface area contributed by atoms with Gasteiger partial charge in [-0.25, -0.2) is 0 Å². The van der Waals surface area contributed by atoms with Crippen molar-refractivity contribution in [1.82, 2.24) is 10.6 Å². The molecule has 0 bridgehead atoms. The average molecular weight is 477 g/mol. The van der Waals surface area contributed by atoms with Gasteiger partial charge in [0.1, 0.15) is 5.75 Å². The van der Waals surface area contributed by atoms with Crippen molar-refractivity contribution in [2.45, 2.75) is 46.5 Å². The number of hydrogen-bond acceptors (Lipinski definition) is 3. The quantitative estimate of drug-likeness (QED) is 0.186. The first-order valence-corrected chi connectivity index (χ1v) is 9.52. The van der Waals surface area contributed by atoms with E-state index in [9.17, 15) is 0 Å². The minimum Gasteiger partial charge on any atom is -0.493 e. The number of para-hydroxylation sites is 1. The van der Waals surface area contributed by atoms with E-state index in [-0.39, 0.29) is 30.6 Å². The molecule has 0 aliphatic carbocycles. The molecule has 0 radical (unpaired) electrons. The molecule has 1 aromatic carbocycles. The van der Waals surface area contributed by atoms with E-state index < -0.39 is 0 Å². The number of aliphatic hydroxyl groups is 1. The van der Waals surface area contributed by atoms with Gasteiger partial charge in [-0.2, -0.15) is 0 Å². The van der Waals surface area contributed by atoms with E-state index in [0.717, 1.165) is 62.6 Å². The number of ether oxygens (including phenoxy) is 1. The predicted octanol–water partition coefficient (Wildman–Crippen LogP) is 3.74. The van der Waals surface area contributed by atoms with Crippen LogP contribution >= 0.6 is 24.0 Å². The summed E-state index contributed by atoms with van der Waals surface area (Å²) in [4.78, 5) is 4.66. The number of aliphatic imine (C=N–C) groups is 1. The number of aryl methyl sites for hydroxylation is 1. The second-order valence-corrected chi connectivity index (χ2v) is 6.28. The largest absolute Gasteiger partial charge is 0.493 e. The third-order valence-corrected chi connectivity index (χ3v) is 4.05.